The average Bonchev–Trinajstić information content (AvgIpc) is 2.64. The molecule has 1 unspecified atom stereocenters. The van der Waals surface area contributed by atoms with Gasteiger partial charge in [-0.15, -0.1) is 11.3 Å². The Labute approximate surface area is 100 Å². The quantitative estimate of drug-likeness (QED) is 0.873. The number of morpholine rings is 1. The number of hydrogen-bond acceptors (Lipinski definition) is 5. The maximum Gasteiger partial charge on any atom is 0.180 e. The van der Waals surface area contributed by atoms with E-state index in [1.54, 1.807) is 11.3 Å². The third kappa shape index (κ3) is 2.93. The summed E-state index contributed by atoms with van der Waals surface area (Å²) in [6.07, 6.45) is 2.24. The maximum atomic E-state index is 5.73. The summed E-state index contributed by atoms with van der Waals surface area (Å²) in [5.41, 5.74) is 5.62. The Bertz CT molecular complexity index is 340. The fourth-order valence-corrected chi connectivity index (χ4v) is 2.62. The molecule has 0 saturated carbocycles. The Morgan fingerprint density at radius 3 is 3.12 bits per heavy atom. The number of nitrogen functional groups attached to an aromatic ring is 1. The van der Waals surface area contributed by atoms with Gasteiger partial charge in [-0.25, -0.2) is 4.98 Å². The Kier molecular flexibility index (Phi) is 3.78. The lowest BCUT2D eigenvalue weighted by Crippen LogP contribution is -2.44. The molecule has 0 bridgehead atoms. The van der Waals surface area contributed by atoms with Crippen LogP contribution < -0.4 is 5.73 Å². The molecule has 1 aliphatic heterocycles. The molecule has 1 aromatic rings. The highest BCUT2D eigenvalue weighted by Crippen LogP contribution is 2.19. The number of aromatic nitrogens is 1. The molecule has 1 aliphatic rings. The van der Waals surface area contributed by atoms with E-state index in [0.29, 0.717) is 17.2 Å². The first-order valence-electron chi connectivity index (χ1n) is 5.69. The molecule has 4 nitrogen and oxygen atoms in total. The molecule has 2 rings (SSSR count). The van der Waals surface area contributed by atoms with Crippen LogP contribution in [0.1, 0.15) is 18.7 Å². The summed E-state index contributed by atoms with van der Waals surface area (Å²) < 4.78 is 5.73. The van der Waals surface area contributed by atoms with Gasteiger partial charge in [0.05, 0.1) is 12.7 Å². The lowest BCUT2D eigenvalue weighted by Gasteiger charge is -2.34. The standard InChI is InChI=1S/C11H19N3OS/c1-8(2)10-7-14(3-4-15-10)6-9-5-13-11(12)16-9/h5,8,10H,3-4,6-7H2,1-2H3,(H2,12,13). The number of ether oxygens (including phenoxy) is 1. The summed E-state index contributed by atoms with van der Waals surface area (Å²) in [7, 11) is 0. The van der Waals surface area contributed by atoms with Crippen molar-refractivity contribution in [1.82, 2.24) is 9.88 Å². The fourth-order valence-electron chi connectivity index (χ4n) is 1.89. The van der Waals surface area contributed by atoms with Gasteiger partial charge in [0, 0.05) is 30.7 Å². The van der Waals surface area contributed by atoms with Crippen molar-refractivity contribution in [2.75, 3.05) is 25.4 Å². The Morgan fingerprint density at radius 1 is 1.69 bits per heavy atom. The lowest BCUT2D eigenvalue weighted by molar-refractivity contribution is -0.0527. The van der Waals surface area contributed by atoms with Crippen molar-refractivity contribution in [3.63, 3.8) is 0 Å². The SMILES string of the molecule is CC(C)C1CN(Cc2cnc(N)s2)CCO1. The van der Waals surface area contributed by atoms with Crippen LogP contribution in [0.3, 0.4) is 0 Å². The monoisotopic (exact) mass is 241 g/mol. The van der Waals surface area contributed by atoms with Gasteiger partial charge in [-0.3, -0.25) is 4.90 Å². The largest absolute Gasteiger partial charge is 0.375 e. The van der Waals surface area contributed by atoms with Crippen molar-refractivity contribution in [3.8, 4) is 0 Å². The first kappa shape index (κ1) is 11.8. The molecule has 1 saturated heterocycles. The van der Waals surface area contributed by atoms with Gasteiger partial charge in [0.1, 0.15) is 0 Å². The van der Waals surface area contributed by atoms with Gasteiger partial charge < -0.3 is 10.5 Å². The zero-order valence-corrected chi connectivity index (χ0v) is 10.7. The summed E-state index contributed by atoms with van der Waals surface area (Å²) in [5, 5.41) is 0.656. The first-order valence-corrected chi connectivity index (χ1v) is 6.51. The van der Waals surface area contributed by atoms with Gasteiger partial charge in [0.25, 0.3) is 0 Å². The van der Waals surface area contributed by atoms with Crippen LogP contribution in [0.2, 0.25) is 0 Å². The van der Waals surface area contributed by atoms with E-state index in [1.165, 1.54) is 4.88 Å². The van der Waals surface area contributed by atoms with Crippen LogP contribution in [0.4, 0.5) is 5.13 Å². The Hall–Kier alpha value is -0.650. The molecule has 0 aliphatic carbocycles. The second-order valence-electron chi connectivity index (χ2n) is 4.55. The van der Waals surface area contributed by atoms with Gasteiger partial charge >= 0.3 is 0 Å². The van der Waals surface area contributed by atoms with Crippen LogP contribution in [-0.2, 0) is 11.3 Å². The molecule has 2 heterocycles. The third-order valence-electron chi connectivity index (χ3n) is 2.87. The average molecular weight is 241 g/mol. The molecule has 5 heteroatoms. The van der Waals surface area contributed by atoms with E-state index in [-0.39, 0.29) is 0 Å². The number of nitrogens with two attached hydrogens (primary N) is 1. The summed E-state index contributed by atoms with van der Waals surface area (Å²) >= 11 is 1.58. The highest BCUT2D eigenvalue weighted by molar-refractivity contribution is 7.15. The van der Waals surface area contributed by atoms with Crippen molar-refractivity contribution in [2.24, 2.45) is 5.92 Å². The first-order chi connectivity index (χ1) is 7.65. The van der Waals surface area contributed by atoms with Crippen molar-refractivity contribution >= 4 is 16.5 Å². The normalized spacial score (nSPS) is 22.8. The molecule has 16 heavy (non-hydrogen) atoms. The van der Waals surface area contributed by atoms with E-state index in [1.807, 2.05) is 6.20 Å². The number of rotatable bonds is 3. The Balaban J connectivity index is 1.90. The molecular weight excluding hydrogens is 222 g/mol. The van der Waals surface area contributed by atoms with Gasteiger partial charge in [-0.1, -0.05) is 13.8 Å². The molecular formula is C11H19N3OS. The highest BCUT2D eigenvalue weighted by atomic mass is 32.1. The van der Waals surface area contributed by atoms with Gasteiger partial charge in [-0.05, 0) is 5.92 Å². The maximum absolute atomic E-state index is 5.73. The van der Waals surface area contributed by atoms with Crippen LogP contribution >= 0.6 is 11.3 Å². The predicted molar refractivity (Wildman–Crippen MR) is 66.4 cm³/mol. The van der Waals surface area contributed by atoms with Gasteiger partial charge in [-0.2, -0.15) is 0 Å². The molecule has 0 radical (unpaired) electrons. The van der Waals surface area contributed by atoms with E-state index in [4.69, 9.17) is 10.5 Å². The van der Waals surface area contributed by atoms with E-state index in [2.05, 4.69) is 23.7 Å². The predicted octanol–water partition coefficient (Wildman–Crippen LogP) is 1.58. The molecule has 0 aromatic carbocycles. The topological polar surface area (TPSA) is 51.4 Å². The second kappa shape index (κ2) is 5.12. The molecule has 0 amide bonds. The second-order valence-corrected chi connectivity index (χ2v) is 5.70. The number of anilines is 1. The Morgan fingerprint density at radius 2 is 2.50 bits per heavy atom. The molecule has 1 aromatic heterocycles. The van der Waals surface area contributed by atoms with Crippen LogP contribution in [0.15, 0.2) is 6.20 Å². The fraction of sp³-hybridized carbons (Fsp3) is 0.727. The minimum atomic E-state index is 0.360. The molecule has 1 fully saturated rings. The van der Waals surface area contributed by atoms with Crippen molar-refractivity contribution in [1.29, 1.82) is 0 Å². The number of hydrogen-bond donors (Lipinski definition) is 1. The summed E-state index contributed by atoms with van der Waals surface area (Å²) in [6.45, 7) is 8.20. The van der Waals surface area contributed by atoms with Crippen molar-refractivity contribution in [2.45, 2.75) is 26.5 Å². The summed E-state index contributed by atoms with van der Waals surface area (Å²) in [5.74, 6) is 0.578. The lowest BCUT2D eigenvalue weighted by atomic mass is 10.1. The van der Waals surface area contributed by atoms with E-state index in [0.717, 1.165) is 26.2 Å². The molecule has 0 spiro atoms. The van der Waals surface area contributed by atoms with Crippen LogP contribution in [-0.4, -0.2) is 35.7 Å². The smallest absolute Gasteiger partial charge is 0.180 e. The third-order valence-corrected chi connectivity index (χ3v) is 3.68. The van der Waals surface area contributed by atoms with Crippen molar-refractivity contribution in [3.05, 3.63) is 11.1 Å². The molecule has 90 valence electrons. The van der Waals surface area contributed by atoms with Gasteiger partial charge in [0.15, 0.2) is 5.13 Å². The van der Waals surface area contributed by atoms with Gasteiger partial charge in [0.2, 0.25) is 0 Å². The minimum Gasteiger partial charge on any atom is -0.375 e. The summed E-state index contributed by atoms with van der Waals surface area (Å²) in [4.78, 5) is 7.73. The van der Waals surface area contributed by atoms with Crippen molar-refractivity contribution < 1.29 is 4.74 Å². The molecule has 1 atom stereocenters. The van der Waals surface area contributed by atoms with E-state index < -0.39 is 0 Å². The molecule has 2 N–H and O–H groups in total. The highest BCUT2D eigenvalue weighted by Gasteiger charge is 2.23. The zero-order chi connectivity index (χ0) is 11.5. The zero-order valence-electron chi connectivity index (χ0n) is 9.85. The van der Waals surface area contributed by atoms with Crippen LogP contribution in [0, 0.1) is 5.92 Å². The van der Waals surface area contributed by atoms with E-state index >= 15 is 0 Å². The number of nitrogens with zero attached hydrogens (tertiary/aromatic N) is 2. The number of thiazole rings is 1. The van der Waals surface area contributed by atoms with Crippen LogP contribution in [0.25, 0.3) is 0 Å². The van der Waals surface area contributed by atoms with E-state index in [9.17, 15) is 0 Å². The van der Waals surface area contributed by atoms with Crippen LogP contribution in [0.5, 0.6) is 0 Å². The summed E-state index contributed by atoms with van der Waals surface area (Å²) in [6, 6.07) is 0. The minimum absolute atomic E-state index is 0.360.